The normalized spacial score (nSPS) is 22.9. The van der Waals surface area contributed by atoms with Gasteiger partial charge < -0.3 is 5.11 Å². The second-order valence-electron chi connectivity index (χ2n) is 6.74. The van der Waals surface area contributed by atoms with E-state index in [1.165, 1.54) is 0 Å². The molecule has 1 aliphatic rings. The van der Waals surface area contributed by atoms with Crippen LogP contribution in [0.15, 0.2) is 60.7 Å². The molecule has 2 nitrogen and oxygen atoms in total. The number of alkyl halides is 1. The Kier molecular flexibility index (Phi) is 4.98. The third-order valence-electron chi connectivity index (χ3n) is 5.37. The second kappa shape index (κ2) is 7.16. The van der Waals surface area contributed by atoms with E-state index in [1.54, 1.807) is 0 Å². The summed E-state index contributed by atoms with van der Waals surface area (Å²) >= 11 is 0. The van der Waals surface area contributed by atoms with Crippen LogP contribution in [0.25, 0.3) is 0 Å². The third-order valence-corrected chi connectivity index (χ3v) is 5.37. The van der Waals surface area contributed by atoms with E-state index in [9.17, 15) is 4.79 Å². The van der Waals surface area contributed by atoms with Gasteiger partial charge in [-0.05, 0) is 42.7 Å². The third kappa shape index (κ3) is 3.21. The van der Waals surface area contributed by atoms with E-state index in [1.807, 2.05) is 60.7 Å². The van der Waals surface area contributed by atoms with Crippen LogP contribution < -0.4 is 0 Å². The predicted molar refractivity (Wildman–Crippen MR) is 92.8 cm³/mol. The van der Waals surface area contributed by atoms with Crippen LogP contribution in [0, 0.1) is 5.92 Å². The van der Waals surface area contributed by atoms with Crippen molar-refractivity contribution in [3.8, 4) is 0 Å². The molecule has 0 aliphatic heterocycles. The van der Waals surface area contributed by atoms with Gasteiger partial charge in [0.1, 0.15) is 6.17 Å². The van der Waals surface area contributed by atoms with Crippen molar-refractivity contribution in [2.45, 2.75) is 43.7 Å². The number of rotatable bonds is 5. The molecule has 0 bridgehead atoms. The lowest BCUT2D eigenvalue weighted by atomic mass is 9.61. The molecule has 0 saturated heterocycles. The molecule has 126 valence electrons. The summed E-state index contributed by atoms with van der Waals surface area (Å²) in [6, 6.07) is 19.8. The number of halogens is 1. The molecule has 0 amide bonds. The lowest BCUT2D eigenvalue weighted by Crippen LogP contribution is -2.43. The molecule has 0 radical (unpaired) electrons. The van der Waals surface area contributed by atoms with Gasteiger partial charge in [0, 0.05) is 6.42 Å². The molecule has 0 spiro atoms. The molecule has 0 aromatic heterocycles. The average Bonchev–Trinajstić information content (AvgIpc) is 2.62. The first-order chi connectivity index (χ1) is 11.6. The topological polar surface area (TPSA) is 37.3 Å². The van der Waals surface area contributed by atoms with E-state index in [4.69, 9.17) is 5.11 Å². The SMILES string of the molecule is O=C(O)CCC1CCC(c2ccccc2)(c2ccccc2)C(F)C1. The van der Waals surface area contributed by atoms with E-state index >= 15 is 4.39 Å². The summed E-state index contributed by atoms with van der Waals surface area (Å²) in [5.74, 6) is -0.648. The van der Waals surface area contributed by atoms with Gasteiger partial charge >= 0.3 is 5.97 Å². The maximum atomic E-state index is 15.5. The van der Waals surface area contributed by atoms with E-state index in [2.05, 4.69) is 0 Å². The Hall–Kier alpha value is -2.16. The van der Waals surface area contributed by atoms with Gasteiger partial charge in [-0.2, -0.15) is 0 Å². The molecule has 1 N–H and O–H groups in total. The maximum Gasteiger partial charge on any atom is 0.303 e. The summed E-state index contributed by atoms with van der Waals surface area (Å²) in [6.07, 6.45) is 1.69. The van der Waals surface area contributed by atoms with E-state index in [0.717, 1.165) is 17.5 Å². The highest BCUT2D eigenvalue weighted by molar-refractivity contribution is 5.66. The van der Waals surface area contributed by atoms with Gasteiger partial charge in [0.25, 0.3) is 0 Å². The van der Waals surface area contributed by atoms with E-state index in [-0.39, 0.29) is 12.3 Å². The fourth-order valence-corrected chi connectivity index (χ4v) is 4.08. The molecule has 1 fully saturated rings. The number of carboxylic acid groups (broad SMARTS) is 1. The zero-order valence-corrected chi connectivity index (χ0v) is 13.7. The minimum atomic E-state index is -1.00. The van der Waals surface area contributed by atoms with Crippen LogP contribution in [-0.2, 0) is 10.2 Å². The van der Waals surface area contributed by atoms with Crippen molar-refractivity contribution in [3.05, 3.63) is 71.8 Å². The van der Waals surface area contributed by atoms with Crippen LogP contribution in [0.2, 0.25) is 0 Å². The van der Waals surface area contributed by atoms with Crippen LogP contribution in [-0.4, -0.2) is 17.2 Å². The number of hydrogen-bond acceptors (Lipinski definition) is 1. The average molecular weight is 326 g/mol. The van der Waals surface area contributed by atoms with Crippen LogP contribution in [0.1, 0.15) is 43.2 Å². The van der Waals surface area contributed by atoms with E-state index in [0.29, 0.717) is 19.3 Å². The van der Waals surface area contributed by atoms with Gasteiger partial charge in [-0.3, -0.25) is 4.79 Å². The molecule has 2 atom stereocenters. The molecule has 2 aromatic carbocycles. The number of hydrogen-bond donors (Lipinski definition) is 1. The summed E-state index contributed by atoms with van der Waals surface area (Å²) in [5.41, 5.74) is 1.41. The summed E-state index contributed by atoms with van der Waals surface area (Å²) in [7, 11) is 0. The summed E-state index contributed by atoms with van der Waals surface area (Å²) in [4.78, 5) is 10.8. The number of benzene rings is 2. The Morgan fingerprint density at radius 3 is 2.04 bits per heavy atom. The van der Waals surface area contributed by atoms with Crippen molar-refractivity contribution >= 4 is 5.97 Å². The van der Waals surface area contributed by atoms with Crippen molar-refractivity contribution in [3.63, 3.8) is 0 Å². The van der Waals surface area contributed by atoms with Crippen molar-refractivity contribution < 1.29 is 14.3 Å². The van der Waals surface area contributed by atoms with Gasteiger partial charge in [0.05, 0.1) is 5.41 Å². The predicted octanol–water partition coefficient (Wildman–Crippen LogP) is 4.98. The molecule has 24 heavy (non-hydrogen) atoms. The van der Waals surface area contributed by atoms with Gasteiger partial charge in [-0.15, -0.1) is 0 Å². The van der Waals surface area contributed by atoms with Crippen LogP contribution in [0.5, 0.6) is 0 Å². The minimum Gasteiger partial charge on any atom is -0.481 e. The summed E-state index contributed by atoms with van der Waals surface area (Å²) in [5, 5.41) is 8.87. The highest BCUT2D eigenvalue weighted by atomic mass is 19.1. The Labute approximate surface area is 142 Å². The number of carbonyl (C=O) groups is 1. The first kappa shape index (κ1) is 16.7. The number of carboxylic acids is 1. The highest BCUT2D eigenvalue weighted by Crippen LogP contribution is 2.48. The molecule has 3 rings (SSSR count). The lowest BCUT2D eigenvalue weighted by Gasteiger charge is -2.44. The molecule has 2 aromatic rings. The molecule has 1 aliphatic carbocycles. The summed E-state index contributed by atoms with van der Waals surface area (Å²) in [6.45, 7) is 0. The molecule has 3 heteroatoms. The Bertz CT molecular complexity index is 629. The van der Waals surface area contributed by atoms with Crippen molar-refractivity contribution in [2.24, 2.45) is 5.92 Å². The van der Waals surface area contributed by atoms with Crippen molar-refractivity contribution in [2.75, 3.05) is 0 Å². The maximum absolute atomic E-state index is 15.5. The lowest BCUT2D eigenvalue weighted by molar-refractivity contribution is -0.137. The number of aliphatic carboxylic acids is 1. The van der Waals surface area contributed by atoms with Crippen molar-refractivity contribution in [1.82, 2.24) is 0 Å². The second-order valence-corrected chi connectivity index (χ2v) is 6.74. The van der Waals surface area contributed by atoms with Crippen LogP contribution in [0.3, 0.4) is 0 Å². The largest absolute Gasteiger partial charge is 0.481 e. The van der Waals surface area contributed by atoms with Crippen LogP contribution in [0.4, 0.5) is 4.39 Å². The Balaban J connectivity index is 1.92. The van der Waals surface area contributed by atoms with E-state index < -0.39 is 17.6 Å². The Morgan fingerprint density at radius 2 is 1.58 bits per heavy atom. The first-order valence-electron chi connectivity index (χ1n) is 8.60. The smallest absolute Gasteiger partial charge is 0.303 e. The van der Waals surface area contributed by atoms with Gasteiger partial charge in [-0.1, -0.05) is 60.7 Å². The summed E-state index contributed by atoms with van der Waals surface area (Å²) < 4.78 is 15.5. The molecular weight excluding hydrogens is 303 g/mol. The molecular formula is C21H23FO2. The Morgan fingerprint density at radius 1 is 1.04 bits per heavy atom. The zero-order chi connectivity index (χ0) is 17.0. The van der Waals surface area contributed by atoms with Gasteiger partial charge in [0.2, 0.25) is 0 Å². The fraction of sp³-hybridized carbons (Fsp3) is 0.381. The fourth-order valence-electron chi connectivity index (χ4n) is 4.08. The monoisotopic (exact) mass is 326 g/mol. The molecule has 2 unspecified atom stereocenters. The standard InChI is InChI=1S/C21H23FO2/c22-19-15-16(11-12-20(23)24)13-14-21(19,17-7-3-1-4-8-17)18-9-5-2-6-10-18/h1-10,16,19H,11-15H2,(H,23,24). The van der Waals surface area contributed by atoms with Crippen molar-refractivity contribution in [1.29, 1.82) is 0 Å². The zero-order valence-electron chi connectivity index (χ0n) is 13.7. The molecule has 0 heterocycles. The first-order valence-corrected chi connectivity index (χ1v) is 8.60. The minimum absolute atomic E-state index is 0.126. The highest BCUT2D eigenvalue weighted by Gasteiger charge is 2.46. The van der Waals surface area contributed by atoms with Crippen LogP contribution >= 0.6 is 0 Å². The van der Waals surface area contributed by atoms with Gasteiger partial charge in [-0.25, -0.2) is 4.39 Å². The van der Waals surface area contributed by atoms with Gasteiger partial charge in [0.15, 0.2) is 0 Å². The molecule has 1 saturated carbocycles. The quantitative estimate of drug-likeness (QED) is 0.842.